The summed E-state index contributed by atoms with van der Waals surface area (Å²) in [5.74, 6) is 0. The highest BCUT2D eigenvalue weighted by Crippen LogP contribution is 2.53. The average Bonchev–Trinajstić information content (AvgIpc) is 1.48. The van der Waals surface area contributed by atoms with E-state index in [1.54, 1.807) is 0 Å². The summed E-state index contributed by atoms with van der Waals surface area (Å²) in [6.45, 7) is 4.41. The molecule has 19 aromatic carbocycles. The molecule has 0 N–H and O–H groups in total. The Balaban J connectivity index is 0.000000135. The van der Waals surface area contributed by atoms with Crippen molar-refractivity contribution < 1.29 is 0 Å². The first kappa shape index (κ1) is 55.4. The average molecular weight is 1220 g/mol. The molecule has 0 radical (unpaired) electrons. The second kappa shape index (κ2) is 22.2. The van der Waals surface area contributed by atoms with E-state index in [9.17, 15) is 0 Å². The van der Waals surface area contributed by atoms with Crippen molar-refractivity contribution in [3.63, 3.8) is 0 Å². The molecule has 0 spiro atoms. The molecule has 0 aliphatic heterocycles. The molecule has 1 aliphatic rings. The Bertz CT molecular complexity index is 6410. The molecule has 0 amide bonds. The SMILES string of the molecule is Cc1ccc2c(-c3cc4ccccc4c4ccccc34)c3ccccc3c(-c3ccc(-c4cc5ccccc5c5ccccc45)cc3)c2c1.Cc1ccc2c(-c3ccc4c5c(cccc35)-c3ccccc3-4)c3ccccc3c(-c3ccc(-c4cccc5ccccc45)cc3)c2c1. The molecule has 0 saturated heterocycles. The van der Waals surface area contributed by atoms with Gasteiger partial charge in [0.2, 0.25) is 0 Å². The Morgan fingerprint density at radius 2 is 0.479 bits per heavy atom. The van der Waals surface area contributed by atoms with Crippen LogP contribution in [0.15, 0.2) is 340 Å². The number of rotatable bonds is 6. The molecule has 0 bridgehead atoms. The third kappa shape index (κ3) is 8.76. The van der Waals surface area contributed by atoms with Crippen LogP contribution in [0.3, 0.4) is 0 Å². The Morgan fingerprint density at radius 3 is 1.03 bits per heavy atom. The Labute approximate surface area is 557 Å². The van der Waals surface area contributed by atoms with E-state index in [-0.39, 0.29) is 0 Å². The molecular formula is C96H62. The molecule has 0 nitrogen and oxygen atoms in total. The summed E-state index contributed by atoms with van der Waals surface area (Å²) in [5.41, 5.74) is 23.1. The van der Waals surface area contributed by atoms with E-state index in [1.165, 1.54) is 208 Å². The maximum atomic E-state index is 2.40. The largest absolute Gasteiger partial charge is 0.0616 e. The van der Waals surface area contributed by atoms with E-state index in [0.717, 1.165) is 0 Å². The molecule has 0 heteroatoms. The molecular weight excluding hydrogens is 1150 g/mol. The predicted octanol–water partition coefficient (Wildman–Crippen LogP) is 27.2. The van der Waals surface area contributed by atoms with Crippen LogP contribution < -0.4 is 0 Å². The first-order valence-corrected chi connectivity index (χ1v) is 33.5. The van der Waals surface area contributed by atoms with Gasteiger partial charge in [-0.25, -0.2) is 0 Å². The Kier molecular flexibility index (Phi) is 12.8. The van der Waals surface area contributed by atoms with Crippen molar-refractivity contribution in [1.82, 2.24) is 0 Å². The van der Waals surface area contributed by atoms with Crippen molar-refractivity contribution in [2.24, 2.45) is 0 Å². The smallest absolute Gasteiger partial charge is 0.00199 e. The van der Waals surface area contributed by atoms with Gasteiger partial charge < -0.3 is 0 Å². The zero-order valence-electron chi connectivity index (χ0n) is 53.3. The van der Waals surface area contributed by atoms with Crippen molar-refractivity contribution in [3.05, 3.63) is 351 Å². The number of aryl methyl sites for hydroxylation is 2. The lowest BCUT2D eigenvalue weighted by Crippen LogP contribution is -1.93. The topological polar surface area (TPSA) is 0 Å². The highest BCUT2D eigenvalue weighted by atomic mass is 14.3. The van der Waals surface area contributed by atoms with Crippen LogP contribution in [0, 0.1) is 13.8 Å². The van der Waals surface area contributed by atoms with Gasteiger partial charge in [0.25, 0.3) is 0 Å². The van der Waals surface area contributed by atoms with Crippen molar-refractivity contribution in [2.75, 3.05) is 0 Å². The molecule has 0 fully saturated rings. The normalized spacial score (nSPS) is 11.9. The molecule has 0 atom stereocenters. The predicted molar refractivity (Wildman–Crippen MR) is 414 cm³/mol. The lowest BCUT2D eigenvalue weighted by Gasteiger charge is -2.20. The summed E-state index contributed by atoms with van der Waals surface area (Å²) in [6.07, 6.45) is 0. The van der Waals surface area contributed by atoms with Crippen LogP contribution in [0.5, 0.6) is 0 Å². The Morgan fingerprint density at radius 1 is 0.146 bits per heavy atom. The van der Waals surface area contributed by atoms with E-state index in [1.807, 2.05) is 0 Å². The van der Waals surface area contributed by atoms with Crippen LogP contribution in [-0.4, -0.2) is 0 Å². The molecule has 446 valence electrons. The van der Waals surface area contributed by atoms with Crippen molar-refractivity contribution >= 4 is 108 Å². The van der Waals surface area contributed by atoms with Gasteiger partial charge in [0.15, 0.2) is 0 Å². The van der Waals surface area contributed by atoms with Crippen LogP contribution in [0.1, 0.15) is 11.1 Å². The maximum absolute atomic E-state index is 2.40. The molecule has 20 rings (SSSR count). The molecule has 0 unspecified atom stereocenters. The van der Waals surface area contributed by atoms with Crippen molar-refractivity contribution in [3.8, 4) is 89.0 Å². The third-order valence-corrected chi connectivity index (χ3v) is 20.7. The molecule has 19 aromatic rings. The fourth-order valence-electron chi connectivity index (χ4n) is 16.5. The van der Waals surface area contributed by atoms with E-state index in [0.29, 0.717) is 0 Å². The third-order valence-electron chi connectivity index (χ3n) is 20.7. The summed E-state index contributed by atoms with van der Waals surface area (Å²) in [4.78, 5) is 0. The zero-order valence-corrected chi connectivity index (χ0v) is 53.3. The highest BCUT2D eigenvalue weighted by Gasteiger charge is 2.26. The minimum atomic E-state index is 1.23. The number of hydrogen-bond acceptors (Lipinski definition) is 0. The summed E-state index contributed by atoms with van der Waals surface area (Å²) in [7, 11) is 0. The summed E-state index contributed by atoms with van der Waals surface area (Å²) < 4.78 is 0. The van der Waals surface area contributed by atoms with Crippen LogP contribution in [-0.2, 0) is 0 Å². The van der Waals surface area contributed by atoms with Gasteiger partial charge in [0.1, 0.15) is 0 Å². The van der Waals surface area contributed by atoms with Crippen LogP contribution >= 0.6 is 0 Å². The zero-order chi connectivity index (χ0) is 63.5. The first-order chi connectivity index (χ1) is 47.5. The lowest BCUT2D eigenvalue weighted by atomic mass is 9.83. The quantitative estimate of drug-likeness (QED) is 0.115. The van der Waals surface area contributed by atoms with Crippen LogP contribution in [0.25, 0.3) is 197 Å². The minimum absolute atomic E-state index is 1.23. The molecule has 1 aliphatic carbocycles. The number of benzene rings is 19. The first-order valence-electron chi connectivity index (χ1n) is 33.5. The number of fused-ring (bicyclic) bond motifs is 14. The highest BCUT2D eigenvalue weighted by molar-refractivity contribution is 6.28. The fourth-order valence-corrected chi connectivity index (χ4v) is 16.5. The van der Waals surface area contributed by atoms with E-state index >= 15 is 0 Å². The molecule has 96 heavy (non-hydrogen) atoms. The second-order valence-corrected chi connectivity index (χ2v) is 26.2. The van der Waals surface area contributed by atoms with E-state index in [2.05, 4.69) is 354 Å². The van der Waals surface area contributed by atoms with Crippen molar-refractivity contribution in [2.45, 2.75) is 13.8 Å². The summed E-state index contributed by atoms with van der Waals surface area (Å²) in [6, 6.07) is 126. The minimum Gasteiger partial charge on any atom is -0.0616 e. The van der Waals surface area contributed by atoms with Crippen LogP contribution in [0.2, 0.25) is 0 Å². The molecule has 0 aromatic heterocycles. The van der Waals surface area contributed by atoms with Gasteiger partial charge in [-0.3, -0.25) is 0 Å². The van der Waals surface area contributed by atoms with Crippen LogP contribution in [0.4, 0.5) is 0 Å². The van der Waals surface area contributed by atoms with Gasteiger partial charge in [-0.15, -0.1) is 0 Å². The van der Waals surface area contributed by atoms with E-state index in [4.69, 9.17) is 0 Å². The summed E-state index contributed by atoms with van der Waals surface area (Å²) in [5, 5.41) is 25.8. The standard InChI is InChI=1S/C49H32.C47H30/c1-31-22-27-44-46(28-31)48(33-25-23-32(24-26-33)45-29-34-12-2-4-14-36(34)38-16-6-8-18-40(38)45)42-20-10-11-21-43(42)49(44)47-30-35-13-3-5-15-37(35)39-17-7-9-19-41(39)47;1-29-20-25-43-44(28-29)45(32-23-21-31(22-24-32)34-17-8-11-30-10-2-3-12-33(30)34)38-15-6-7-16-39(38)47(43)42-27-26-41-36-14-5-4-13-35(36)37-18-9-19-40(42)46(37)41/h2-30H,1H3;2-28H,1H3. The van der Waals surface area contributed by atoms with Gasteiger partial charge in [-0.2, -0.15) is 0 Å². The van der Waals surface area contributed by atoms with Gasteiger partial charge in [-0.1, -0.05) is 339 Å². The molecule has 0 saturated carbocycles. The molecule has 0 heterocycles. The van der Waals surface area contributed by atoms with Gasteiger partial charge >= 0.3 is 0 Å². The summed E-state index contributed by atoms with van der Waals surface area (Å²) >= 11 is 0. The van der Waals surface area contributed by atoms with Gasteiger partial charge in [-0.05, 0) is 223 Å². The van der Waals surface area contributed by atoms with Crippen molar-refractivity contribution in [1.29, 1.82) is 0 Å². The van der Waals surface area contributed by atoms with Gasteiger partial charge in [0.05, 0.1) is 0 Å². The monoisotopic (exact) mass is 1210 g/mol. The second-order valence-electron chi connectivity index (χ2n) is 26.2. The number of hydrogen-bond donors (Lipinski definition) is 0. The maximum Gasteiger partial charge on any atom is -0.00199 e. The van der Waals surface area contributed by atoms with E-state index < -0.39 is 0 Å². The lowest BCUT2D eigenvalue weighted by molar-refractivity contribution is 1.51. The van der Waals surface area contributed by atoms with Gasteiger partial charge in [0, 0.05) is 0 Å². The fraction of sp³-hybridized carbons (Fsp3) is 0.0208. The Hall–Kier alpha value is -12.2.